The van der Waals surface area contributed by atoms with Gasteiger partial charge >= 0.3 is 5.97 Å². The van der Waals surface area contributed by atoms with Gasteiger partial charge in [0.1, 0.15) is 18.1 Å². The minimum Gasteiger partial charge on any atom is -0.489 e. The zero-order valence-electron chi connectivity index (χ0n) is 17.3. The zero-order valence-corrected chi connectivity index (χ0v) is 18.1. The van der Waals surface area contributed by atoms with Gasteiger partial charge in [0, 0.05) is 5.69 Å². The van der Waals surface area contributed by atoms with Gasteiger partial charge in [-0.25, -0.2) is 18.4 Å². The largest absolute Gasteiger partial charge is 0.489 e. The lowest BCUT2D eigenvalue weighted by molar-refractivity contribution is -0.119. The fraction of sp³-hybridized carbons (Fsp3) is 0.190. The summed E-state index contributed by atoms with van der Waals surface area (Å²) in [4.78, 5) is 24.2. The van der Waals surface area contributed by atoms with Crippen LogP contribution in [0.3, 0.4) is 0 Å². The molecule has 0 aliphatic rings. The number of hydrogen-bond donors (Lipinski definition) is 2. The molecule has 0 unspecified atom stereocenters. The van der Waals surface area contributed by atoms with Gasteiger partial charge in [0.25, 0.3) is 5.91 Å². The quantitative estimate of drug-likeness (QED) is 0.487. The molecule has 0 fully saturated rings. The number of carbonyl (C=O) groups excluding carboxylic acids is 2. The number of nitrogens with one attached hydrogen (secondary N) is 1. The third-order valence-electron chi connectivity index (χ3n) is 4.44. The highest BCUT2D eigenvalue weighted by molar-refractivity contribution is 7.89. The SMILES string of the molecule is Cc1noc(C)c1COc1cccc(C(=O)OCC(=O)Nc2ccc(S(N)(=O)=O)cc2)c1. The molecule has 3 rings (SSSR count). The minimum atomic E-state index is -3.83. The molecule has 1 aromatic heterocycles. The average molecular weight is 459 g/mol. The van der Waals surface area contributed by atoms with E-state index in [4.69, 9.17) is 19.1 Å². The number of hydrogen-bond acceptors (Lipinski definition) is 8. The molecule has 0 aliphatic heterocycles. The molecule has 1 heterocycles. The molecule has 0 saturated heterocycles. The lowest BCUT2D eigenvalue weighted by Crippen LogP contribution is -2.21. The van der Waals surface area contributed by atoms with Gasteiger partial charge in [-0.05, 0) is 56.3 Å². The van der Waals surface area contributed by atoms with Crippen molar-refractivity contribution in [3.63, 3.8) is 0 Å². The fourth-order valence-electron chi connectivity index (χ4n) is 2.72. The van der Waals surface area contributed by atoms with Crippen LogP contribution < -0.4 is 15.2 Å². The summed E-state index contributed by atoms with van der Waals surface area (Å²) in [7, 11) is -3.83. The molecule has 2 aromatic carbocycles. The van der Waals surface area contributed by atoms with E-state index in [-0.39, 0.29) is 17.1 Å². The number of ether oxygens (including phenoxy) is 2. The van der Waals surface area contributed by atoms with Crippen LogP contribution in [-0.2, 0) is 26.2 Å². The Balaban J connectivity index is 1.53. The lowest BCUT2D eigenvalue weighted by atomic mass is 10.2. The first-order valence-corrected chi connectivity index (χ1v) is 10.9. The van der Waals surface area contributed by atoms with Crippen LogP contribution in [0.5, 0.6) is 5.75 Å². The van der Waals surface area contributed by atoms with Gasteiger partial charge in [-0.15, -0.1) is 0 Å². The number of anilines is 1. The summed E-state index contributed by atoms with van der Waals surface area (Å²) in [6.45, 7) is 3.29. The van der Waals surface area contributed by atoms with Crippen LogP contribution in [0.1, 0.15) is 27.4 Å². The first-order chi connectivity index (χ1) is 15.1. The van der Waals surface area contributed by atoms with Crippen LogP contribution in [0, 0.1) is 13.8 Å². The number of nitrogens with zero attached hydrogens (tertiary/aromatic N) is 1. The highest BCUT2D eigenvalue weighted by Crippen LogP contribution is 2.19. The van der Waals surface area contributed by atoms with Crippen LogP contribution >= 0.6 is 0 Å². The Kier molecular flexibility index (Phi) is 6.91. The number of primary sulfonamides is 1. The summed E-state index contributed by atoms with van der Waals surface area (Å²) in [6, 6.07) is 11.6. The van der Waals surface area contributed by atoms with Crippen molar-refractivity contribution in [2.75, 3.05) is 11.9 Å². The molecular formula is C21H21N3O7S. The molecule has 32 heavy (non-hydrogen) atoms. The smallest absolute Gasteiger partial charge is 0.338 e. The van der Waals surface area contributed by atoms with Gasteiger partial charge in [0.2, 0.25) is 10.0 Å². The zero-order chi connectivity index (χ0) is 23.3. The standard InChI is InChI=1S/C21H21N3O7S/c1-13-19(14(2)31-24-13)11-29-17-5-3-4-15(10-17)21(26)30-12-20(25)23-16-6-8-18(9-7-16)32(22,27)28/h3-10H,11-12H2,1-2H3,(H,23,25)(H2,22,27,28). The van der Waals surface area contributed by atoms with Crippen LogP contribution in [0.15, 0.2) is 57.9 Å². The Labute approximate surface area is 184 Å². The molecule has 10 nitrogen and oxygen atoms in total. The second-order valence-corrected chi connectivity index (χ2v) is 8.37. The lowest BCUT2D eigenvalue weighted by Gasteiger charge is -2.09. The van der Waals surface area contributed by atoms with Crippen molar-refractivity contribution in [1.82, 2.24) is 5.16 Å². The minimum absolute atomic E-state index is 0.0848. The Morgan fingerprint density at radius 2 is 1.84 bits per heavy atom. The normalized spacial score (nSPS) is 11.1. The van der Waals surface area contributed by atoms with Gasteiger partial charge in [-0.3, -0.25) is 4.79 Å². The molecule has 0 radical (unpaired) electrons. The van der Waals surface area contributed by atoms with E-state index >= 15 is 0 Å². The molecule has 1 amide bonds. The first-order valence-electron chi connectivity index (χ1n) is 9.38. The summed E-state index contributed by atoms with van der Waals surface area (Å²) in [5.74, 6) is -0.192. The highest BCUT2D eigenvalue weighted by atomic mass is 32.2. The van der Waals surface area contributed by atoms with Crippen LogP contribution in [0.25, 0.3) is 0 Å². The summed E-state index contributed by atoms with van der Waals surface area (Å²) >= 11 is 0. The maximum absolute atomic E-state index is 12.3. The van der Waals surface area contributed by atoms with Crippen molar-refractivity contribution < 1.29 is 32.0 Å². The predicted octanol–water partition coefficient (Wildman–Crippen LogP) is 2.31. The van der Waals surface area contributed by atoms with Crippen molar-refractivity contribution in [2.24, 2.45) is 5.14 Å². The predicted molar refractivity (Wildman–Crippen MR) is 113 cm³/mol. The van der Waals surface area contributed by atoms with E-state index in [1.165, 1.54) is 36.4 Å². The molecule has 0 spiro atoms. The van der Waals surface area contributed by atoms with Crippen molar-refractivity contribution >= 4 is 27.6 Å². The maximum atomic E-state index is 12.3. The van der Waals surface area contributed by atoms with E-state index < -0.39 is 28.5 Å². The number of esters is 1. The molecule has 0 aliphatic carbocycles. The Hall–Kier alpha value is -3.70. The number of aryl methyl sites for hydroxylation is 2. The molecule has 0 saturated carbocycles. The molecule has 3 N–H and O–H groups in total. The molecule has 3 aromatic rings. The van der Waals surface area contributed by atoms with E-state index in [1.807, 2.05) is 6.92 Å². The summed E-state index contributed by atoms with van der Waals surface area (Å²) in [6.07, 6.45) is 0. The average Bonchev–Trinajstić information content (AvgIpc) is 3.07. The number of amides is 1. The Morgan fingerprint density at radius 1 is 1.12 bits per heavy atom. The number of sulfonamides is 1. The summed E-state index contributed by atoms with van der Waals surface area (Å²) < 4.78 is 38.3. The summed E-state index contributed by atoms with van der Waals surface area (Å²) in [5, 5.41) is 11.4. The van der Waals surface area contributed by atoms with Gasteiger partial charge in [0.05, 0.1) is 21.7 Å². The van der Waals surface area contributed by atoms with Crippen LogP contribution in [0.4, 0.5) is 5.69 Å². The monoisotopic (exact) mass is 459 g/mol. The highest BCUT2D eigenvalue weighted by Gasteiger charge is 2.14. The Morgan fingerprint density at radius 3 is 2.47 bits per heavy atom. The first kappa shape index (κ1) is 23.0. The van der Waals surface area contributed by atoms with Gasteiger partial charge in [-0.2, -0.15) is 0 Å². The number of nitrogens with two attached hydrogens (primary N) is 1. The number of rotatable bonds is 8. The van der Waals surface area contributed by atoms with Crippen molar-refractivity contribution in [2.45, 2.75) is 25.3 Å². The van der Waals surface area contributed by atoms with Crippen molar-refractivity contribution in [1.29, 1.82) is 0 Å². The number of benzene rings is 2. The molecule has 11 heteroatoms. The second kappa shape index (κ2) is 9.62. The molecule has 0 bridgehead atoms. The van der Waals surface area contributed by atoms with Gasteiger partial charge < -0.3 is 19.3 Å². The second-order valence-electron chi connectivity index (χ2n) is 6.81. The number of aromatic nitrogens is 1. The molecule has 168 valence electrons. The van der Waals surface area contributed by atoms with Crippen molar-refractivity contribution in [3.8, 4) is 5.75 Å². The van der Waals surface area contributed by atoms with Crippen LogP contribution in [-0.4, -0.2) is 32.1 Å². The summed E-state index contributed by atoms with van der Waals surface area (Å²) in [5.41, 5.74) is 2.09. The van der Waals surface area contributed by atoms with Gasteiger partial charge in [-0.1, -0.05) is 11.2 Å². The van der Waals surface area contributed by atoms with E-state index in [2.05, 4.69) is 10.5 Å². The molecule has 0 atom stereocenters. The van der Waals surface area contributed by atoms with E-state index in [0.717, 1.165) is 11.3 Å². The molecular weight excluding hydrogens is 438 g/mol. The third kappa shape index (κ3) is 5.93. The van der Waals surface area contributed by atoms with Crippen LogP contribution in [0.2, 0.25) is 0 Å². The third-order valence-corrected chi connectivity index (χ3v) is 5.36. The topological polar surface area (TPSA) is 151 Å². The van der Waals surface area contributed by atoms with E-state index in [9.17, 15) is 18.0 Å². The van der Waals surface area contributed by atoms with Crippen molar-refractivity contribution in [3.05, 3.63) is 71.1 Å². The fourth-order valence-corrected chi connectivity index (χ4v) is 3.23. The Bertz CT molecular complexity index is 1220. The van der Waals surface area contributed by atoms with E-state index in [0.29, 0.717) is 17.2 Å². The van der Waals surface area contributed by atoms with Gasteiger partial charge in [0.15, 0.2) is 6.61 Å². The van der Waals surface area contributed by atoms with E-state index in [1.54, 1.807) is 19.1 Å². The maximum Gasteiger partial charge on any atom is 0.338 e. The number of carbonyl (C=O) groups is 2.